The largest absolute Gasteiger partial charge is 0.460 e. The lowest BCUT2D eigenvalue weighted by Gasteiger charge is -2.32. The molecule has 0 aromatic heterocycles. The molecule has 0 N–H and O–H groups in total. The third-order valence-electron chi connectivity index (χ3n) is 6.11. The molecule has 2 saturated heterocycles. The van der Waals surface area contributed by atoms with Gasteiger partial charge in [0.25, 0.3) is 0 Å². The normalized spacial score (nSPS) is 28.0. The minimum Gasteiger partial charge on any atom is -0.403 e. The topological polar surface area (TPSA) is 36.9 Å². The van der Waals surface area contributed by atoms with Crippen molar-refractivity contribution in [3.05, 3.63) is 0 Å². The first kappa shape index (κ1) is 19.8. The van der Waals surface area contributed by atoms with Crippen LogP contribution in [-0.2, 0) is 18.6 Å². The molecule has 134 valence electrons. The van der Waals surface area contributed by atoms with Crippen molar-refractivity contribution in [3.8, 4) is 12.3 Å². The Morgan fingerprint density at radius 3 is 1.62 bits per heavy atom. The zero-order valence-corrected chi connectivity index (χ0v) is 16.6. The number of hydrogen-bond acceptors (Lipinski definition) is 4. The van der Waals surface area contributed by atoms with E-state index in [0.29, 0.717) is 12.7 Å². The maximum absolute atomic E-state index is 6.24. The van der Waals surface area contributed by atoms with Gasteiger partial charge in [-0.2, -0.15) is 0 Å². The molecule has 2 aliphatic heterocycles. The molecule has 2 aliphatic rings. The molecule has 1 atom stereocenters. The van der Waals surface area contributed by atoms with E-state index in [1.807, 2.05) is 0 Å². The van der Waals surface area contributed by atoms with E-state index in [0.717, 1.165) is 6.42 Å². The molecule has 0 saturated carbocycles. The van der Waals surface area contributed by atoms with E-state index in [4.69, 9.17) is 25.0 Å². The highest BCUT2D eigenvalue weighted by molar-refractivity contribution is 6.53. The van der Waals surface area contributed by atoms with Crippen molar-refractivity contribution in [1.29, 1.82) is 0 Å². The van der Waals surface area contributed by atoms with Gasteiger partial charge in [0.1, 0.15) is 0 Å². The molecular weight excluding hydrogens is 302 g/mol. The Kier molecular flexibility index (Phi) is 5.26. The van der Waals surface area contributed by atoms with Crippen LogP contribution in [0.15, 0.2) is 0 Å². The molecule has 24 heavy (non-hydrogen) atoms. The fourth-order valence-electron chi connectivity index (χ4n) is 3.02. The molecule has 0 aromatic carbocycles. The van der Waals surface area contributed by atoms with E-state index in [-0.39, 0.29) is 42.5 Å². The van der Waals surface area contributed by atoms with E-state index in [1.54, 1.807) is 0 Å². The lowest BCUT2D eigenvalue weighted by Crippen LogP contribution is -2.41. The van der Waals surface area contributed by atoms with Crippen LogP contribution in [0.1, 0.15) is 68.2 Å². The Bertz CT molecular complexity index is 476. The van der Waals surface area contributed by atoms with E-state index >= 15 is 0 Å². The molecule has 2 rings (SSSR count). The first-order chi connectivity index (χ1) is 10.8. The fraction of sp³-hybridized carbons (Fsp3) is 0.889. The van der Waals surface area contributed by atoms with Gasteiger partial charge in [0.15, 0.2) is 0 Å². The first-order valence-electron chi connectivity index (χ1n) is 8.96. The highest BCUT2D eigenvalue weighted by Crippen LogP contribution is 2.45. The number of hydrogen-bond donors (Lipinski definition) is 0. The molecule has 2 heterocycles. The van der Waals surface area contributed by atoms with Crippen molar-refractivity contribution in [2.24, 2.45) is 0 Å². The Balaban J connectivity index is 2.10. The Morgan fingerprint density at radius 2 is 1.21 bits per heavy atom. The molecule has 6 heteroatoms. The lowest BCUT2D eigenvalue weighted by atomic mass is 9.59. The second kappa shape index (κ2) is 6.36. The van der Waals surface area contributed by atoms with E-state index in [1.165, 1.54) is 0 Å². The van der Waals surface area contributed by atoms with Crippen molar-refractivity contribution >= 4 is 14.2 Å². The van der Waals surface area contributed by atoms with E-state index in [2.05, 4.69) is 61.3 Å². The maximum Gasteiger partial charge on any atom is 0.460 e. The quantitative estimate of drug-likeness (QED) is 0.563. The zero-order valence-electron chi connectivity index (χ0n) is 16.6. The second-order valence-corrected chi connectivity index (χ2v) is 9.05. The van der Waals surface area contributed by atoms with Crippen molar-refractivity contribution in [1.82, 2.24) is 0 Å². The van der Waals surface area contributed by atoms with Crippen LogP contribution in [0.4, 0.5) is 0 Å². The molecule has 0 unspecified atom stereocenters. The van der Waals surface area contributed by atoms with Gasteiger partial charge in [-0.05, 0) is 73.9 Å². The summed E-state index contributed by atoms with van der Waals surface area (Å²) in [6.45, 7) is 16.5. The first-order valence-corrected chi connectivity index (χ1v) is 8.96. The van der Waals surface area contributed by atoms with Crippen LogP contribution in [0, 0.1) is 12.3 Å². The monoisotopic (exact) mass is 334 g/mol. The SMILES string of the molecule is C#CCC[C@@H](CB1OC(C)(C)C(C)(C)O1)B1OC(C)(C)C(C)(C)O1. The summed E-state index contributed by atoms with van der Waals surface area (Å²) in [6.07, 6.45) is 7.72. The highest BCUT2D eigenvalue weighted by atomic mass is 16.7. The average molecular weight is 334 g/mol. The second-order valence-electron chi connectivity index (χ2n) is 9.05. The van der Waals surface area contributed by atoms with Crippen LogP contribution in [0.2, 0.25) is 12.1 Å². The van der Waals surface area contributed by atoms with Crippen LogP contribution < -0.4 is 0 Å². The third kappa shape index (κ3) is 3.70. The van der Waals surface area contributed by atoms with Gasteiger partial charge in [-0.25, -0.2) is 0 Å². The molecule has 0 aliphatic carbocycles. The van der Waals surface area contributed by atoms with Gasteiger partial charge >= 0.3 is 14.2 Å². The predicted molar refractivity (Wildman–Crippen MR) is 98.8 cm³/mol. The molecular formula is C18H32B2O4. The predicted octanol–water partition coefficient (Wildman–Crippen LogP) is 3.95. The summed E-state index contributed by atoms with van der Waals surface area (Å²) in [5.41, 5.74) is -1.35. The standard InChI is InChI=1S/C18H32B2O4/c1-10-11-12-14(20-23-17(6,7)18(8,9)24-20)13-19-21-15(2,3)16(4,5)22-19/h1,14H,11-13H2,2-9H3/t14-/m0/s1. The summed E-state index contributed by atoms with van der Waals surface area (Å²) < 4.78 is 24.8. The van der Waals surface area contributed by atoms with Crippen molar-refractivity contribution in [2.75, 3.05) is 0 Å². The Morgan fingerprint density at radius 1 is 0.792 bits per heavy atom. The Hall–Kier alpha value is -0.470. The summed E-state index contributed by atoms with van der Waals surface area (Å²) in [7, 11) is -0.556. The summed E-state index contributed by atoms with van der Waals surface area (Å²) in [6, 6.07) is 0. The molecule has 0 amide bonds. The van der Waals surface area contributed by atoms with Gasteiger partial charge in [0.2, 0.25) is 0 Å². The molecule has 2 fully saturated rings. The van der Waals surface area contributed by atoms with Crippen LogP contribution >= 0.6 is 0 Å². The van der Waals surface area contributed by atoms with Gasteiger partial charge < -0.3 is 18.6 Å². The van der Waals surface area contributed by atoms with E-state index in [9.17, 15) is 0 Å². The number of rotatable bonds is 5. The fourth-order valence-corrected chi connectivity index (χ4v) is 3.02. The lowest BCUT2D eigenvalue weighted by molar-refractivity contribution is 0.00578. The van der Waals surface area contributed by atoms with Gasteiger partial charge in [0, 0.05) is 6.42 Å². The van der Waals surface area contributed by atoms with Crippen molar-refractivity contribution < 1.29 is 18.6 Å². The molecule has 0 bridgehead atoms. The minimum atomic E-state index is -0.345. The third-order valence-corrected chi connectivity index (χ3v) is 6.11. The summed E-state index contributed by atoms with van der Waals surface area (Å²) >= 11 is 0. The Labute approximate surface area is 148 Å². The van der Waals surface area contributed by atoms with Gasteiger partial charge in [-0.3, -0.25) is 0 Å². The minimum absolute atomic E-state index is 0.136. The smallest absolute Gasteiger partial charge is 0.403 e. The van der Waals surface area contributed by atoms with Gasteiger partial charge in [-0.1, -0.05) is 0 Å². The molecule has 0 radical (unpaired) electrons. The van der Waals surface area contributed by atoms with Gasteiger partial charge in [-0.15, -0.1) is 12.3 Å². The van der Waals surface area contributed by atoms with Crippen LogP contribution in [0.25, 0.3) is 0 Å². The molecule has 4 nitrogen and oxygen atoms in total. The summed E-state index contributed by atoms with van der Waals surface area (Å²) in [5.74, 6) is 2.86. The molecule has 0 spiro atoms. The van der Waals surface area contributed by atoms with Crippen LogP contribution in [-0.4, -0.2) is 36.6 Å². The van der Waals surface area contributed by atoms with E-state index < -0.39 is 0 Å². The maximum atomic E-state index is 6.24. The summed E-state index contributed by atoms with van der Waals surface area (Å²) in [5, 5.41) is 0. The van der Waals surface area contributed by atoms with Crippen molar-refractivity contribution in [3.63, 3.8) is 0 Å². The number of terminal acetylenes is 1. The molecule has 0 aromatic rings. The van der Waals surface area contributed by atoms with Crippen LogP contribution in [0.5, 0.6) is 0 Å². The van der Waals surface area contributed by atoms with Gasteiger partial charge in [0.05, 0.1) is 22.4 Å². The van der Waals surface area contributed by atoms with Crippen molar-refractivity contribution in [2.45, 2.75) is 103 Å². The zero-order chi connectivity index (χ0) is 18.4. The van der Waals surface area contributed by atoms with Crippen LogP contribution in [0.3, 0.4) is 0 Å². The highest BCUT2D eigenvalue weighted by Gasteiger charge is 2.56. The average Bonchev–Trinajstić information content (AvgIpc) is 2.73. The summed E-state index contributed by atoms with van der Waals surface area (Å²) in [4.78, 5) is 0.